The molecule has 0 aliphatic carbocycles. The average Bonchev–Trinajstić information content (AvgIpc) is 2.18. The van der Waals surface area contributed by atoms with Gasteiger partial charge in [0.2, 0.25) is 0 Å². The summed E-state index contributed by atoms with van der Waals surface area (Å²) in [6.45, 7) is 8.51. The van der Waals surface area contributed by atoms with Crippen LogP contribution in [0.3, 0.4) is 0 Å². The largest absolute Gasteiger partial charge is 0.385 e. The van der Waals surface area contributed by atoms with E-state index in [-0.39, 0.29) is 11.6 Å². The number of likely N-dealkylation sites (N-methyl/N-ethyl adjacent to an activating group) is 1. The fourth-order valence-electron chi connectivity index (χ4n) is 1.45. The lowest BCUT2D eigenvalue weighted by atomic mass is 9.99. The SMILES string of the molecule is CCC(C)(C)N(C)CC(N)CCCOC. The number of methoxy groups -OCH3 is 1. The van der Waals surface area contributed by atoms with E-state index in [1.165, 1.54) is 0 Å². The zero-order chi connectivity index (χ0) is 11.9. The van der Waals surface area contributed by atoms with Crippen LogP contribution < -0.4 is 5.73 Å². The van der Waals surface area contributed by atoms with E-state index in [0.29, 0.717) is 0 Å². The normalized spacial score (nSPS) is 14.6. The van der Waals surface area contributed by atoms with Crippen molar-refractivity contribution >= 4 is 0 Å². The second-order valence-electron chi connectivity index (χ2n) is 4.94. The van der Waals surface area contributed by atoms with Crippen molar-refractivity contribution in [2.75, 3.05) is 27.3 Å². The minimum Gasteiger partial charge on any atom is -0.385 e. The summed E-state index contributed by atoms with van der Waals surface area (Å²) in [7, 11) is 3.89. The summed E-state index contributed by atoms with van der Waals surface area (Å²) >= 11 is 0. The van der Waals surface area contributed by atoms with E-state index >= 15 is 0 Å². The molecule has 0 saturated carbocycles. The Morgan fingerprint density at radius 1 is 1.40 bits per heavy atom. The van der Waals surface area contributed by atoms with Gasteiger partial charge in [0.25, 0.3) is 0 Å². The molecule has 0 heterocycles. The summed E-state index contributed by atoms with van der Waals surface area (Å²) in [4.78, 5) is 2.35. The predicted molar refractivity (Wildman–Crippen MR) is 66.1 cm³/mol. The number of nitrogens with zero attached hydrogens (tertiary/aromatic N) is 1. The Hall–Kier alpha value is -0.120. The molecular weight excluding hydrogens is 188 g/mol. The van der Waals surface area contributed by atoms with Crippen molar-refractivity contribution in [3.8, 4) is 0 Å². The lowest BCUT2D eigenvalue weighted by molar-refractivity contribution is 0.136. The van der Waals surface area contributed by atoms with Crippen molar-refractivity contribution in [1.82, 2.24) is 4.90 Å². The fourth-order valence-corrected chi connectivity index (χ4v) is 1.45. The van der Waals surface area contributed by atoms with Crippen LogP contribution in [0.2, 0.25) is 0 Å². The van der Waals surface area contributed by atoms with Gasteiger partial charge in [0.1, 0.15) is 0 Å². The van der Waals surface area contributed by atoms with E-state index in [2.05, 4.69) is 32.7 Å². The van der Waals surface area contributed by atoms with Crippen LogP contribution in [0.5, 0.6) is 0 Å². The molecule has 0 aromatic carbocycles. The number of ether oxygens (including phenoxy) is 1. The topological polar surface area (TPSA) is 38.5 Å². The van der Waals surface area contributed by atoms with Crippen molar-refractivity contribution in [2.24, 2.45) is 5.73 Å². The number of rotatable bonds is 8. The quantitative estimate of drug-likeness (QED) is 0.629. The molecule has 0 aliphatic rings. The highest BCUT2D eigenvalue weighted by molar-refractivity contribution is 4.80. The molecule has 0 spiro atoms. The molecule has 0 bridgehead atoms. The average molecular weight is 216 g/mol. The van der Waals surface area contributed by atoms with Crippen LogP contribution in [0.25, 0.3) is 0 Å². The third-order valence-corrected chi connectivity index (χ3v) is 3.33. The number of hydrogen-bond donors (Lipinski definition) is 1. The third kappa shape index (κ3) is 6.13. The predicted octanol–water partition coefficient (Wildman–Crippen LogP) is 1.86. The second-order valence-corrected chi connectivity index (χ2v) is 4.94. The molecule has 0 aromatic heterocycles. The Morgan fingerprint density at radius 2 is 2.00 bits per heavy atom. The molecule has 1 atom stereocenters. The van der Waals surface area contributed by atoms with Crippen molar-refractivity contribution in [3.63, 3.8) is 0 Å². The van der Waals surface area contributed by atoms with Crippen LogP contribution in [0, 0.1) is 0 Å². The Labute approximate surface area is 95.0 Å². The molecule has 0 aliphatic heterocycles. The fraction of sp³-hybridized carbons (Fsp3) is 1.00. The van der Waals surface area contributed by atoms with Crippen LogP contribution in [0.4, 0.5) is 0 Å². The molecule has 92 valence electrons. The van der Waals surface area contributed by atoms with Gasteiger partial charge in [-0.15, -0.1) is 0 Å². The Balaban J connectivity index is 3.80. The van der Waals surface area contributed by atoms with Gasteiger partial charge in [-0.3, -0.25) is 4.90 Å². The minimum absolute atomic E-state index is 0.249. The van der Waals surface area contributed by atoms with E-state index in [1.807, 2.05) is 0 Å². The first kappa shape index (κ1) is 14.9. The first-order valence-electron chi connectivity index (χ1n) is 5.89. The maximum Gasteiger partial charge on any atom is 0.0462 e. The maximum absolute atomic E-state index is 6.07. The van der Waals surface area contributed by atoms with E-state index in [1.54, 1.807) is 7.11 Å². The van der Waals surface area contributed by atoms with Crippen molar-refractivity contribution in [3.05, 3.63) is 0 Å². The summed E-state index contributed by atoms with van der Waals surface area (Å²) in [5.74, 6) is 0. The van der Waals surface area contributed by atoms with Gasteiger partial charge in [-0.25, -0.2) is 0 Å². The second kappa shape index (κ2) is 7.20. The molecule has 3 nitrogen and oxygen atoms in total. The summed E-state index contributed by atoms with van der Waals surface area (Å²) in [6, 6.07) is 0.260. The summed E-state index contributed by atoms with van der Waals surface area (Å²) in [5.41, 5.74) is 6.32. The summed E-state index contributed by atoms with van der Waals surface area (Å²) in [6.07, 6.45) is 3.24. The van der Waals surface area contributed by atoms with Gasteiger partial charge in [0.15, 0.2) is 0 Å². The molecular formula is C12H28N2O. The van der Waals surface area contributed by atoms with Gasteiger partial charge in [-0.05, 0) is 40.2 Å². The standard InChI is InChI=1S/C12H28N2O/c1-6-12(2,3)14(4)10-11(13)8-7-9-15-5/h11H,6-10,13H2,1-5H3. The first-order chi connectivity index (χ1) is 6.94. The lowest BCUT2D eigenvalue weighted by Crippen LogP contribution is -2.46. The highest BCUT2D eigenvalue weighted by Gasteiger charge is 2.22. The molecule has 0 fully saturated rings. The van der Waals surface area contributed by atoms with E-state index < -0.39 is 0 Å². The van der Waals surface area contributed by atoms with Crippen molar-refractivity contribution in [1.29, 1.82) is 0 Å². The molecule has 0 amide bonds. The van der Waals surface area contributed by atoms with Crippen LogP contribution >= 0.6 is 0 Å². The Kier molecular flexibility index (Phi) is 7.14. The lowest BCUT2D eigenvalue weighted by Gasteiger charge is -2.36. The molecule has 0 rings (SSSR count). The van der Waals surface area contributed by atoms with Crippen molar-refractivity contribution in [2.45, 2.75) is 51.6 Å². The van der Waals surface area contributed by atoms with Gasteiger partial charge in [0, 0.05) is 31.8 Å². The molecule has 0 aromatic rings. The van der Waals surface area contributed by atoms with Gasteiger partial charge >= 0.3 is 0 Å². The molecule has 1 unspecified atom stereocenters. The van der Waals surface area contributed by atoms with Crippen LogP contribution in [-0.4, -0.2) is 43.8 Å². The molecule has 15 heavy (non-hydrogen) atoms. The summed E-state index contributed by atoms with van der Waals surface area (Å²) in [5, 5.41) is 0. The van der Waals surface area contributed by atoms with E-state index in [4.69, 9.17) is 10.5 Å². The monoisotopic (exact) mass is 216 g/mol. The van der Waals surface area contributed by atoms with Crippen LogP contribution in [0.1, 0.15) is 40.0 Å². The van der Waals surface area contributed by atoms with Crippen LogP contribution in [-0.2, 0) is 4.74 Å². The van der Waals surface area contributed by atoms with Gasteiger partial charge in [-0.2, -0.15) is 0 Å². The van der Waals surface area contributed by atoms with Crippen molar-refractivity contribution < 1.29 is 4.74 Å². The molecule has 0 saturated heterocycles. The Bertz CT molecular complexity index is 160. The number of nitrogens with two attached hydrogens (primary N) is 1. The smallest absolute Gasteiger partial charge is 0.0462 e. The number of hydrogen-bond acceptors (Lipinski definition) is 3. The molecule has 0 radical (unpaired) electrons. The molecule has 3 heteroatoms. The maximum atomic E-state index is 6.07. The van der Waals surface area contributed by atoms with Gasteiger partial charge in [-0.1, -0.05) is 6.92 Å². The zero-order valence-electron chi connectivity index (χ0n) is 11.0. The highest BCUT2D eigenvalue weighted by atomic mass is 16.5. The highest BCUT2D eigenvalue weighted by Crippen LogP contribution is 2.16. The van der Waals surface area contributed by atoms with E-state index in [0.717, 1.165) is 32.4 Å². The van der Waals surface area contributed by atoms with Gasteiger partial charge < -0.3 is 10.5 Å². The molecule has 2 N–H and O–H groups in total. The summed E-state index contributed by atoms with van der Waals surface area (Å²) < 4.78 is 5.02. The first-order valence-corrected chi connectivity index (χ1v) is 5.89. The van der Waals surface area contributed by atoms with Crippen LogP contribution in [0.15, 0.2) is 0 Å². The van der Waals surface area contributed by atoms with Gasteiger partial charge in [0.05, 0.1) is 0 Å². The van der Waals surface area contributed by atoms with E-state index in [9.17, 15) is 0 Å². The third-order valence-electron chi connectivity index (χ3n) is 3.33. The minimum atomic E-state index is 0.249. The Morgan fingerprint density at radius 3 is 2.47 bits per heavy atom. The zero-order valence-corrected chi connectivity index (χ0v) is 11.0.